The van der Waals surface area contributed by atoms with Crippen molar-refractivity contribution in [2.24, 2.45) is 0 Å². The van der Waals surface area contributed by atoms with E-state index in [0.717, 1.165) is 19.0 Å². The summed E-state index contributed by atoms with van der Waals surface area (Å²) in [5.74, 6) is 1.77. The van der Waals surface area contributed by atoms with Crippen molar-refractivity contribution in [3.8, 4) is 0 Å². The van der Waals surface area contributed by atoms with Gasteiger partial charge in [-0.25, -0.2) is 4.98 Å². The van der Waals surface area contributed by atoms with Crippen molar-refractivity contribution in [1.29, 1.82) is 0 Å². The average molecular weight is 242 g/mol. The van der Waals surface area contributed by atoms with E-state index in [-0.39, 0.29) is 0 Å². The van der Waals surface area contributed by atoms with Gasteiger partial charge < -0.3 is 9.47 Å². The minimum Gasteiger partial charge on any atom is -0.338 e. The lowest BCUT2D eigenvalue weighted by Gasteiger charge is -2.29. The third-order valence-corrected chi connectivity index (χ3v) is 3.55. The van der Waals surface area contributed by atoms with Crippen molar-refractivity contribution in [3.63, 3.8) is 0 Å². The summed E-state index contributed by atoms with van der Waals surface area (Å²) in [6.07, 6.45) is 9.19. The molecule has 1 aromatic rings. The van der Waals surface area contributed by atoms with Crippen LogP contribution in [-0.2, 0) is 6.54 Å². The molecule has 90 valence electrons. The Balaban J connectivity index is 2.17. The van der Waals surface area contributed by atoms with Crippen LogP contribution in [0.1, 0.15) is 32.6 Å². The van der Waals surface area contributed by atoms with Crippen LogP contribution in [0.5, 0.6) is 0 Å². The van der Waals surface area contributed by atoms with E-state index in [0.29, 0.717) is 11.9 Å². The van der Waals surface area contributed by atoms with Gasteiger partial charge in [-0.05, 0) is 19.8 Å². The van der Waals surface area contributed by atoms with E-state index in [1.807, 2.05) is 12.4 Å². The Hall–Kier alpha value is -0.700. The molecule has 0 spiro atoms. The molecule has 1 aromatic heterocycles. The van der Waals surface area contributed by atoms with Crippen LogP contribution in [0.25, 0.3) is 0 Å². The maximum absolute atomic E-state index is 5.91. The number of anilines is 1. The summed E-state index contributed by atoms with van der Waals surface area (Å²) in [6.45, 7) is 4.03. The Morgan fingerprint density at radius 2 is 2.25 bits per heavy atom. The predicted octanol–water partition coefficient (Wildman–Crippen LogP) is 2.89. The molecule has 1 aliphatic carbocycles. The number of alkyl halides is 1. The van der Waals surface area contributed by atoms with E-state index in [9.17, 15) is 0 Å². The van der Waals surface area contributed by atoms with Crippen molar-refractivity contribution in [3.05, 3.63) is 12.4 Å². The molecular formula is C12H20ClN3. The molecule has 16 heavy (non-hydrogen) atoms. The first-order chi connectivity index (χ1) is 7.86. The van der Waals surface area contributed by atoms with Crippen LogP contribution in [0.15, 0.2) is 12.4 Å². The van der Waals surface area contributed by atoms with Gasteiger partial charge in [0.1, 0.15) is 0 Å². The Bertz CT molecular complexity index is 318. The number of aryl methyl sites for hydroxylation is 1. The normalized spacial score (nSPS) is 16.9. The number of hydrogen-bond acceptors (Lipinski definition) is 2. The number of nitrogens with zero attached hydrogens (tertiary/aromatic N) is 3. The summed E-state index contributed by atoms with van der Waals surface area (Å²) in [6, 6.07) is 0.645. The second-order valence-electron chi connectivity index (χ2n) is 4.33. The largest absolute Gasteiger partial charge is 0.338 e. The van der Waals surface area contributed by atoms with Gasteiger partial charge in [0.05, 0.1) is 0 Å². The highest BCUT2D eigenvalue weighted by Crippen LogP contribution is 2.27. The fourth-order valence-corrected chi connectivity index (χ4v) is 2.74. The van der Waals surface area contributed by atoms with Crippen molar-refractivity contribution < 1.29 is 0 Å². The summed E-state index contributed by atoms with van der Waals surface area (Å²) >= 11 is 5.91. The number of rotatable bonds is 5. The van der Waals surface area contributed by atoms with Gasteiger partial charge in [-0.1, -0.05) is 12.8 Å². The van der Waals surface area contributed by atoms with Gasteiger partial charge in [-0.2, -0.15) is 0 Å². The second kappa shape index (κ2) is 5.58. The maximum atomic E-state index is 5.91. The highest BCUT2D eigenvalue weighted by Gasteiger charge is 2.24. The summed E-state index contributed by atoms with van der Waals surface area (Å²) in [4.78, 5) is 6.87. The molecule has 0 aromatic carbocycles. The van der Waals surface area contributed by atoms with Crippen LogP contribution in [0.3, 0.4) is 0 Å². The Labute approximate surface area is 102 Å². The van der Waals surface area contributed by atoms with Crippen LogP contribution in [0, 0.1) is 0 Å². The molecule has 0 amide bonds. The van der Waals surface area contributed by atoms with Gasteiger partial charge >= 0.3 is 0 Å². The minimum atomic E-state index is 0.645. The minimum absolute atomic E-state index is 0.645. The lowest BCUT2D eigenvalue weighted by atomic mass is 10.2. The molecule has 0 atom stereocenters. The lowest BCUT2D eigenvalue weighted by Crippen LogP contribution is -2.37. The fourth-order valence-electron chi connectivity index (χ4n) is 2.56. The molecule has 0 radical (unpaired) electrons. The first kappa shape index (κ1) is 11.8. The zero-order valence-electron chi connectivity index (χ0n) is 9.90. The molecule has 1 fully saturated rings. The van der Waals surface area contributed by atoms with Gasteiger partial charge in [0.25, 0.3) is 0 Å². The van der Waals surface area contributed by atoms with Crippen molar-refractivity contribution in [2.45, 2.75) is 45.2 Å². The first-order valence-electron chi connectivity index (χ1n) is 6.20. The molecule has 0 aliphatic heterocycles. The zero-order valence-corrected chi connectivity index (χ0v) is 10.7. The predicted molar refractivity (Wildman–Crippen MR) is 68.2 cm³/mol. The third kappa shape index (κ3) is 2.34. The highest BCUT2D eigenvalue weighted by molar-refractivity contribution is 6.18. The standard InChI is InChI=1S/C12H20ClN3/c1-2-15-10-8-14-12(15)16(9-7-13)11-5-3-4-6-11/h8,10-11H,2-7,9H2,1H3. The van der Waals surface area contributed by atoms with E-state index < -0.39 is 0 Å². The molecule has 4 heteroatoms. The van der Waals surface area contributed by atoms with Crippen LogP contribution in [0.2, 0.25) is 0 Å². The molecule has 1 aliphatic rings. The SMILES string of the molecule is CCn1ccnc1N(CCCl)C1CCCC1. The van der Waals surface area contributed by atoms with E-state index in [4.69, 9.17) is 11.6 Å². The van der Waals surface area contributed by atoms with Crippen molar-refractivity contribution >= 4 is 17.5 Å². The molecule has 1 saturated carbocycles. The number of hydrogen-bond donors (Lipinski definition) is 0. The van der Waals surface area contributed by atoms with Crippen LogP contribution >= 0.6 is 11.6 Å². The van der Waals surface area contributed by atoms with Gasteiger partial charge in [-0.3, -0.25) is 0 Å². The summed E-state index contributed by atoms with van der Waals surface area (Å²) in [7, 11) is 0. The Morgan fingerprint density at radius 3 is 2.88 bits per heavy atom. The summed E-state index contributed by atoms with van der Waals surface area (Å²) < 4.78 is 2.20. The van der Waals surface area contributed by atoms with Gasteiger partial charge in [0, 0.05) is 37.4 Å². The van der Waals surface area contributed by atoms with E-state index in [1.165, 1.54) is 25.7 Å². The lowest BCUT2D eigenvalue weighted by molar-refractivity contribution is 0.587. The second-order valence-corrected chi connectivity index (χ2v) is 4.71. The van der Waals surface area contributed by atoms with Crippen LogP contribution < -0.4 is 4.90 Å². The number of halogens is 1. The molecular weight excluding hydrogens is 222 g/mol. The molecule has 0 bridgehead atoms. The molecule has 3 nitrogen and oxygen atoms in total. The van der Waals surface area contributed by atoms with Gasteiger partial charge in [0.2, 0.25) is 5.95 Å². The van der Waals surface area contributed by atoms with E-state index >= 15 is 0 Å². The third-order valence-electron chi connectivity index (χ3n) is 3.38. The van der Waals surface area contributed by atoms with Crippen LogP contribution in [0.4, 0.5) is 5.95 Å². The maximum Gasteiger partial charge on any atom is 0.205 e. The molecule has 0 N–H and O–H groups in total. The smallest absolute Gasteiger partial charge is 0.205 e. The quantitative estimate of drug-likeness (QED) is 0.740. The monoisotopic (exact) mass is 241 g/mol. The van der Waals surface area contributed by atoms with Crippen LogP contribution in [-0.4, -0.2) is 28.0 Å². The Morgan fingerprint density at radius 1 is 1.50 bits per heavy atom. The van der Waals surface area contributed by atoms with Crippen molar-refractivity contribution in [1.82, 2.24) is 9.55 Å². The Kier molecular flexibility index (Phi) is 4.10. The zero-order chi connectivity index (χ0) is 11.4. The van der Waals surface area contributed by atoms with Gasteiger partial charge in [-0.15, -0.1) is 11.6 Å². The molecule has 1 heterocycles. The first-order valence-corrected chi connectivity index (χ1v) is 6.74. The van der Waals surface area contributed by atoms with Crippen molar-refractivity contribution in [2.75, 3.05) is 17.3 Å². The molecule has 2 rings (SSSR count). The number of imidazole rings is 1. The number of aromatic nitrogens is 2. The summed E-state index contributed by atoms with van der Waals surface area (Å²) in [5, 5.41) is 0. The highest BCUT2D eigenvalue weighted by atomic mass is 35.5. The molecule has 0 unspecified atom stereocenters. The van der Waals surface area contributed by atoms with E-state index in [2.05, 4.69) is 21.4 Å². The van der Waals surface area contributed by atoms with Gasteiger partial charge in [0.15, 0.2) is 0 Å². The molecule has 0 saturated heterocycles. The fraction of sp³-hybridized carbons (Fsp3) is 0.750. The van der Waals surface area contributed by atoms with E-state index in [1.54, 1.807) is 0 Å². The average Bonchev–Trinajstić information content (AvgIpc) is 2.96. The summed E-state index contributed by atoms with van der Waals surface area (Å²) in [5.41, 5.74) is 0. The topological polar surface area (TPSA) is 21.1 Å².